The van der Waals surface area contributed by atoms with Crippen LogP contribution in [0.2, 0.25) is 5.02 Å². The Morgan fingerprint density at radius 1 is 1.38 bits per heavy atom. The molecule has 0 aliphatic heterocycles. The van der Waals surface area contributed by atoms with Gasteiger partial charge < -0.3 is 0 Å². The van der Waals surface area contributed by atoms with Crippen LogP contribution in [0.15, 0.2) is 23.4 Å². The van der Waals surface area contributed by atoms with Gasteiger partial charge in [-0.15, -0.1) is 10.2 Å². The second-order valence-corrected chi connectivity index (χ2v) is 6.65. The van der Waals surface area contributed by atoms with Crippen LogP contribution in [0.1, 0.15) is 31.3 Å². The van der Waals surface area contributed by atoms with Crippen LogP contribution >= 0.6 is 11.6 Å². The minimum absolute atomic E-state index is 0.0200. The molecule has 0 amide bonds. The van der Waals surface area contributed by atoms with E-state index in [2.05, 4.69) is 10.2 Å². The predicted molar refractivity (Wildman–Crippen MR) is 76.0 cm³/mol. The van der Waals surface area contributed by atoms with Crippen LogP contribution in [0, 0.1) is 5.82 Å². The minimum atomic E-state index is -4.01. The van der Waals surface area contributed by atoms with Crippen LogP contribution in [0.25, 0.3) is 0 Å². The maximum atomic E-state index is 13.8. The highest BCUT2D eigenvalue weighted by Crippen LogP contribution is 2.24. The molecule has 0 saturated heterocycles. The molecule has 0 fully saturated rings. The first kappa shape index (κ1) is 15.9. The molecule has 2 aromatic rings. The first-order valence-corrected chi connectivity index (χ1v) is 8.03. The summed E-state index contributed by atoms with van der Waals surface area (Å²) in [6, 6.07) is 4.06. The van der Waals surface area contributed by atoms with Crippen molar-refractivity contribution in [1.29, 1.82) is 0 Å². The molecule has 1 heterocycles. The Morgan fingerprint density at radius 3 is 2.57 bits per heavy atom. The summed E-state index contributed by atoms with van der Waals surface area (Å²) in [6.45, 7) is 3.51. The molecule has 1 aromatic heterocycles. The van der Waals surface area contributed by atoms with Gasteiger partial charge in [-0.1, -0.05) is 17.7 Å². The lowest BCUT2D eigenvalue weighted by molar-refractivity contribution is 0.506. The number of sulfonamides is 1. The first-order chi connectivity index (χ1) is 9.71. The van der Waals surface area contributed by atoms with Crippen molar-refractivity contribution >= 4 is 21.6 Å². The van der Waals surface area contributed by atoms with Gasteiger partial charge >= 0.3 is 0 Å². The van der Waals surface area contributed by atoms with Crippen LogP contribution in [0.5, 0.6) is 0 Å². The van der Waals surface area contributed by atoms with E-state index in [1.54, 1.807) is 19.9 Å². The van der Waals surface area contributed by atoms with Crippen molar-refractivity contribution in [3.63, 3.8) is 0 Å². The Labute approximate surface area is 126 Å². The van der Waals surface area contributed by atoms with Crippen LogP contribution in [0.4, 0.5) is 4.39 Å². The summed E-state index contributed by atoms with van der Waals surface area (Å²) in [4.78, 5) is 0. The summed E-state index contributed by atoms with van der Waals surface area (Å²) in [6.07, 6.45) is 0.0200. The Balaban J connectivity index is 2.54. The third-order valence-corrected chi connectivity index (χ3v) is 4.04. The largest absolute Gasteiger partial charge is 0.298 e. The van der Waals surface area contributed by atoms with Gasteiger partial charge in [-0.25, -0.2) is 17.9 Å². The average Bonchev–Trinajstić information content (AvgIpc) is 2.77. The van der Waals surface area contributed by atoms with Gasteiger partial charge in [-0.05, 0) is 26.0 Å². The molecular formula is C12H14ClFN4O2S. The molecule has 2 rings (SSSR count). The molecular weight excluding hydrogens is 319 g/mol. The van der Waals surface area contributed by atoms with Gasteiger partial charge in [0.15, 0.2) is 0 Å². The summed E-state index contributed by atoms with van der Waals surface area (Å²) in [5.74, 6) is -0.209. The zero-order valence-electron chi connectivity index (χ0n) is 11.4. The number of nitrogens with zero attached hydrogens (tertiary/aromatic N) is 3. The molecule has 2 N–H and O–H groups in total. The van der Waals surface area contributed by atoms with Crippen molar-refractivity contribution in [3.05, 3.63) is 40.4 Å². The molecule has 0 aliphatic rings. The van der Waals surface area contributed by atoms with Crippen molar-refractivity contribution in [2.45, 2.75) is 31.5 Å². The Hall–Kier alpha value is -1.51. The number of nitrogens with two attached hydrogens (primary N) is 1. The van der Waals surface area contributed by atoms with E-state index in [9.17, 15) is 12.8 Å². The van der Waals surface area contributed by atoms with Crippen molar-refractivity contribution in [3.8, 4) is 0 Å². The SMILES string of the molecule is CC(C)n1c(Cc2c(F)cccc2Cl)nnc1S(N)(=O)=O. The summed E-state index contributed by atoms with van der Waals surface area (Å²) < 4.78 is 38.2. The summed E-state index contributed by atoms with van der Waals surface area (Å²) in [5, 5.41) is 12.4. The lowest BCUT2D eigenvalue weighted by Crippen LogP contribution is -2.20. The number of primary sulfonamides is 1. The van der Waals surface area contributed by atoms with E-state index < -0.39 is 15.8 Å². The molecule has 0 aliphatic carbocycles. The molecule has 6 nitrogen and oxygen atoms in total. The summed E-state index contributed by atoms with van der Waals surface area (Å²) in [5.41, 5.74) is 0.231. The zero-order valence-corrected chi connectivity index (χ0v) is 13.0. The van der Waals surface area contributed by atoms with Crippen LogP contribution in [0.3, 0.4) is 0 Å². The van der Waals surface area contributed by atoms with Gasteiger partial charge in [0.1, 0.15) is 11.6 Å². The van der Waals surface area contributed by atoms with Crippen molar-refractivity contribution in [2.75, 3.05) is 0 Å². The van der Waals surface area contributed by atoms with Crippen LogP contribution < -0.4 is 5.14 Å². The first-order valence-electron chi connectivity index (χ1n) is 6.11. The number of hydrogen-bond acceptors (Lipinski definition) is 4. The molecule has 1 aromatic carbocycles. The lowest BCUT2D eigenvalue weighted by Gasteiger charge is -2.13. The normalized spacial score (nSPS) is 12.1. The van der Waals surface area contributed by atoms with Gasteiger partial charge in [-0.2, -0.15) is 0 Å². The third-order valence-electron chi connectivity index (χ3n) is 2.90. The number of halogens is 2. The maximum absolute atomic E-state index is 13.8. The monoisotopic (exact) mass is 332 g/mol. The predicted octanol–water partition coefficient (Wildman–Crippen LogP) is 1.89. The molecule has 9 heteroatoms. The molecule has 0 spiro atoms. The zero-order chi connectivity index (χ0) is 15.8. The highest BCUT2D eigenvalue weighted by atomic mass is 35.5. The molecule has 0 bridgehead atoms. The van der Waals surface area contributed by atoms with E-state index in [0.717, 1.165) is 0 Å². The van der Waals surface area contributed by atoms with Crippen LogP contribution in [-0.2, 0) is 16.4 Å². The smallest absolute Gasteiger partial charge is 0.273 e. The fraction of sp³-hybridized carbons (Fsp3) is 0.333. The van der Waals surface area contributed by atoms with Crippen molar-refractivity contribution in [2.24, 2.45) is 5.14 Å². The molecule has 0 unspecified atom stereocenters. The highest BCUT2D eigenvalue weighted by Gasteiger charge is 2.24. The van der Waals surface area contributed by atoms with Gasteiger partial charge in [0.05, 0.1) is 0 Å². The van der Waals surface area contributed by atoms with E-state index in [-0.39, 0.29) is 34.0 Å². The summed E-state index contributed by atoms with van der Waals surface area (Å²) >= 11 is 5.97. The lowest BCUT2D eigenvalue weighted by atomic mass is 10.1. The standard InChI is InChI=1S/C12H14ClFN4O2S/c1-7(2)18-11(16-17-12(18)21(15,19)20)6-8-9(13)4-3-5-10(8)14/h3-5,7H,6H2,1-2H3,(H2,15,19,20). The second-order valence-electron chi connectivity index (χ2n) is 4.78. The maximum Gasteiger partial charge on any atom is 0.273 e. The number of hydrogen-bond donors (Lipinski definition) is 1. The van der Waals surface area contributed by atoms with Crippen molar-refractivity contribution < 1.29 is 12.8 Å². The van der Waals surface area contributed by atoms with Crippen molar-refractivity contribution in [1.82, 2.24) is 14.8 Å². The fourth-order valence-corrected chi connectivity index (χ4v) is 2.97. The van der Waals surface area contributed by atoms with Gasteiger partial charge in [0.2, 0.25) is 0 Å². The van der Waals surface area contributed by atoms with E-state index in [1.807, 2.05) is 0 Å². The molecule has 114 valence electrons. The van der Waals surface area contributed by atoms with E-state index in [1.165, 1.54) is 16.7 Å². The highest BCUT2D eigenvalue weighted by molar-refractivity contribution is 7.89. The molecule has 21 heavy (non-hydrogen) atoms. The Kier molecular flexibility index (Phi) is 4.31. The van der Waals surface area contributed by atoms with E-state index in [0.29, 0.717) is 0 Å². The summed E-state index contributed by atoms with van der Waals surface area (Å²) in [7, 11) is -4.01. The fourth-order valence-electron chi connectivity index (χ4n) is 2.00. The molecule has 0 atom stereocenters. The molecule has 0 radical (unpaired) electrons. The van der Waals surface area contributed by atoms with E-state index >= 15 is 0 Å². The molecule has 0 saturated carbocycles. The Morgan fingerprint density at radius 2 is 2.05 bits per heavy atom. The van der Waals surface area contributed by atoms with Crippen LogP contribution in [-0.4, -0.2) is 23.2 Å². The third kappa shape index (κ3) is 3.22. The van der Waals surface area contributed by atoms with Gasteiger partial charge in [-0.3, -0.25) is 4.57 Å². The van der Waals surface area contributed by atoms with Gasteiger partial charge in [0, 0.05) is 23.0 Å². The van der Waals surface area contributed by atoms with E-state index in [4.69, 9.17) is 16.7 Å². The second kappa shape index (κ2) is 5.70. The number of aromatic nitrogens is 3. The number of rotatable bonds is 4. The van der Waals surface area contributed by atoms with Gasteiger partial charge in [0.25, 0.3) is 15.2 Å². The Bertz CT molecular complexity index is 753. The number of benzene rings is 1. The quantitative estimate of drug-likeness (QED) is 0.925. The topological polar surface area (TPSA) is 90.9 Å². The average molecular weight is 333 g/mol. The minimum Gasteiger partial charge on any atom is -0.298 e.